The van der Waals surface area contributed by atoms with E-state index in [2.05, 4.69) is 5.32 Å². The zero-order chi connectivity index (χ0) is 15.2. The Bertz CT molecular complexity index is 584. The molecule has 4 nitrogen and oxygen atoms in total. The molecule has 0 saturated carbocycles. The van der Waals surface area contributed by atoms with E-state index in [9.17, 15) is 4.79 Å². The summed E-state index contributed by atoms with van der Waals surface area (Å²) in [6, 6.07) is 11.3. The smallest absolute Gasteiger partial charge is 0.221 e. The lowest BCUT2D eigenvalue weighted by molar-refractivity contribution is -0.114. The molecule has 1 heterocycles. The minimum absolute atomic E-state index is 0.103. The third kappa shape index (κ3) is 4.06. The molecule has 0 fully saturated rings. The summed E-state index contributed by atoms with van der Waals surface area (Å²) in [4.78, 5) is 12.4. The Labute approximate surface area is 128 Å². The second-order valence-electron chi connectivity index (χ2n) is 4.80. The standard InChI is InChI=1S/C16H20N2O2S/c1-3-12(17)16(15-9-6-10-21-15)20-14-8-5-4-7-13(14)18-11(2)19/h4-10,12,16H,3,17H2,1-2H3,(H,18,19). The molecular formula is C16H20N2O2S. The Morgan fingerprint density at radius 3 is 2.71 bits per heavy atom. The first-order chi connectivity index (χ1) is 10.1. The van der Waals surface area contributed by atoms with Crippen molar-refractivity contribution in [2.75, 3.05) is 5.32 Å². The van der Waals surface area contributed by atoms with E-state index in [1.807, 2.05) is 48.7 Å². The maximum atomic E-state index is 11.3. The van der Waals surface area contributed by atoms with Crippen LogP contribution in [0.2, 0.25) is 0 Å². The zero-order valence-corrected chi connectivity index (χ0v) is 13.0. The first kappa shape index (κ1) is 15.5. The summed E-state index contributed by atoms with van der Waals surface area (Å²) in [5.74, 6) is 0.508. The molecule has 1 amide bonds. The minimum atomic E-state index is -0.218. The molecule has 0 aliphatic carbocycles. The highest BCUT2D eigenvalue weighted by atomic mass is 32.1. The molecule has 3 N–H and O–H groups in total. The van der Waals surface area contributed by atoms with Crippen LogP contribution in [0.1, 0.15) is 31.2 Å². The quantitative estimate of drug-likeness (QED) is 0.857. The van der Waals surface area contributed by atoms with Crippen LogP contribution in [0.3, 0.4) is 0 Å². The summed E-state index contributed by atoms with van der Waals surface area (Å²) >= 11 is 1.62. The number of anilines is 1. The number of nitrogens with one attached hydrogen (secondary N) is 1. The van der Waals surface area contributed by atoms with Gasteiger partial charge in [-0.3, -0.25) is 4.79 Å². The number of amides is 1. The van der Waals surface area contributed by atoms with Gasteiger partial charge in [-0.25, -0.2) is 0 Å². The van der Waals surface area contributed by atoms with E-state index in [4.69, 9.17) is 10.5 Å². The molecular weight excluding hydrogens is 284 g/mol. The summed E-state index contributed by atoms with van der Waals surface area (Å²) in [6.45, 7) is 3.51. The number of benzene rings is 1. The monoisotopic (exact) mass is 304 g/mol. The van der Waals surface area contributed by atoms with Gasteiger partial charge in [-0.05, 0) is 30.0 Å². The summed E-state index contributed by atoms with van der Waals surface area (Å²) in [5, 5.41) is 4.79. The van der Waals surface area contributed by atoms with Crippen LogP contribution in [0.25, 0.3) is 0 Å². The Morgan fingerprint density at radius 1 is 1.33 bits per heavy atom. The molecule has 0 aliphatic rings. The lowest BCUT2D eigenvalue weighted by atomic mass is 10.1. The van der Waals surface area contributed by atoms with Crippen molar-refractivity contribution in [1.29, 1.82) is 0 Å². The number of ether oxygens (including phenoxy) is 1. The Kier molecular flexibility index (Phi) is 5.36. The van der Waals surface area contributed by atoms with Crippen LogP contribution >= 0.6 is 11.3 Å². The second-order valence-corrected chi connectivity index (χ2v) is 5.78. The molecule has 0 saturated heterocycles. The van der Waals surface area contributed by atoms with Gasteiger partial charge >= 0.3 is 0 Å². The highest BCUT2D eigenvalue weighted by molar-refractivity contribution is 7.10. The van der Waals surface area contributed by atoms with Crippen molar-refractivity contribution in [1.82, 2.24) is 0 Å². The molecule has 2 rings (SSSR count). The Morgan fingerprint density at radius 2 is 2.10 bits per heavy atom. The van der Waals surface area contributed by atoms with Crippen molar-refractivity contribution in [3.05, 3.63) is 46.7 Å². The number of rotatable bonds is 6. The summed E-state index contributed by atoms with van der Waals surface area (Å²) in [7, 11) is 0. The number of thiophene rings is 1. The average Bonchev–Trinajstić information content (AvgIpc) is 2.99. The predicted molar refractivity (Wildman–Crippen MR) is 86.7 cm³/mol. The summed E-state index contributed by atoms with van der Waals surface area (Å²) < 4.78 is 6.11. The van der Waals surface area contributed by atoms with Crippen LogP contribution in [0, 0.1) is 0 Å². The first-order valence-corrected chi connectivity index (χ1v) is 7.82. The SMILES string of the molecule is CCC(N)C(Oc1ccccc1NC(C)=O)c1cccs1. The molecule has 2 aromatic rings. The molecule has 0 aliphatic heterocycles. The average molecular weight is 304 g/mol. The van der Waals surface area contributed by atoms with Crippen LogP contribution in [-0.2, 0) is 4.79 Å². The van der Waals surface area contributed by atoms with Crippen molar-refractivity contribution in [3.8, 4) is 5.75 Å². The Hall–Kier alpha value is -1.85. The van der Waals surface area contributed by atoms with Gasteiger partial charge in [-0.15, -0.1) is 11.3 Å². The molecule has 2 unspecified atom stereocenters. The number of para-hydroxylation sites is 2. The van der Waals surface area contributed by atoms with Gasteiger partial charge in [0, 0.05) is 17.8 Å². The van der Waals surface area contributed by atoms with Gasteiger partial charge in [0.2, 0.25) is 5.91 Å². The van der Waals surface area contributed by atoms with E-state index in [0.29, 0.717) is 11.4 Å². The van der Waals surface area contributed by atoms with Crippen LogP contribution in [-0.4, -0.2) is 11.9 Å². The number of carbonyl (C=O) groups is 1. The fourth-order valence-electron chi connectivity index (χ4n) is 2.02. The van der Waals surface area contributed by atoms with Gasteiger partial charge in [0.25, 0.3) is 0 Å². The molecule has 21 heavy (non-hydrogen) atoms. The number of hydrogen-bond donors (Lipinski definition) is 2. The highest BCUT2D eigenvalue weighted by Gasteiger charge is 2.22. The number of nitrogens with two attached hydrogens (primary N) is 1. The van der Waals surface area contributed by atoms with Crippen molar-refractivity contribution in [2.24, 2.45) is 5.73 Å². The maximum absolute atomic E-state index is 11.3. The van der Waals surface area contributed by atoms with Gasteiger partial charge in [0.15, 0.2) is 0 Å². The molecule has 2 atom stereocenters. The Balaban J connectivity index is 2.27. The second kappa shape index (κ2) is 7.24. The van der Waals surface area contributed by atoms with Gasteiger partial charge in [0.05, 0.1) is 5.69 Å². The molecule has 0 bridgehead atoms. The molecule has 0 radical (unpaired) electrons. The highest BCUT2D eigenvalue weighted by Crippen LogP contribution is 2.32. The van der Waals surface area contributed by atoms with Crippen molar-refractivity contribution in [2.45, 2.75) is 32.4 Å². The lowest BCUT2D eigenvalue weighted by Crippen LogP contribution is -2.31. The third-order valence-electron chi connectivity index (χ3n) is 3.14. The fraction of sp³-hybridized carbons (Fsp3) is 0.312. The van der Waals surface area contributed by atoms with Gasteiger partial charge < -0.3 is 15.8 Å². The van der Waals surface area contributed by atoms with Crippen LogP contribution in [0.4, 0.5) is 5.69 Å². The molecule has 0 spiro atoms. The van der Waals surface area contributed by atoms with Crippen molar-refractivity contribution < 1.29 is 9.53 Å². The fourth-order valence-corrected chi connectivity index (χ4v) is 2.85. The van der Waals surface area contributed by atoms with Crippen LogP contribution in [0.5, 0.6) is 5.75 Å². The van der Waals surface area contributed by atoms with Crippen LogP contribution < -0.4 is 15.8 Å². The summed E-state index contributed by atoms with van der Waals surface area (Å²) in [5.41, 5.74) is 6.86. The van der Waals surface area contributed by atoms with Gasteiger partial charge in [-0.1, -0.05) is 25.1 Å². The zero-order valence-electron chi connectivity index (χ0n) is 12.2. The topological polar surface area (TPSA) is 64.3 Å². The molecule has 1 aromatic heterocycles. The number of carbonyl (C=O) groups excluding carboxylic acids is 1. The minimum Gasteiger partial charge on any atom is -0.481 e. The van der Waals surface area contributed by atoms with E-state index in [1.54, 1.807) is 11.3 Å². The van der Waals surface area contributed by atoms with E-state index in [0.717, 1.165) is 11.3 Å². The summed E-state index contributed by atoms with van der Waals surface area (Å²) in [6.07, 6.45) is 0.593. The molecule has 5 heteroatoms. The van der Waals surface area contributed by atoms with Crippen molar-refractivity contribution >= 4 is 22.9 Å². The molecule has 1 aromatic carbocycles. The number of hydrogen-bond acceptors (Lipinski definition) is 4. The predicted octanol–water partition coefficient (Wildman–Crippen LogP) is 3.56. The van der Waals surface area contributed by atoms with Crippen LogP contribution in [0.15, 0.2) is 41.8 Å². The van der Waals surface area contributed by atoms with E-state index in [1.165, 1.54) is 6.92 Å². The third-order valence-corrected chi connectivity index (χ3v) is 4.07. The van der Waals surface area contributed by atoms with Gasteiger partial charge in [-0.2, -0.15) is 0 Å². The van der Waals surface area contributed by atoms with E-state index in [-0.39, 0.29) is 18.1 Å². The van der Waals surface area contributed by atoms with E-state index < -0.39 is 0 Å². The maximum Gasteiger partial charge on any atom is 0.221 e. The first-order valence-electron chi connectivity index (χ1n) is 6.94. The molecule has 112 valence electrons. The van der Waals surface area contributed by atoms with Crippen molar-refractivity contribution in [3.63, 3.8) is 0 Å². The van der Waals surface area contributed by atoms with E-state index >= 15 is 0 Å². The normalized spacial score (nSPS) is 13.5. The largest absolute Gasteiger partial charge is 0.481 e. The van der Waals surface area contributed by atoms with Gasteiger partial charge in [0.1, 0.15) is 11.9 Å². The lowest BCUT2D eigenvalue weighted by Gasteiger charge is -2.24.